The highest BCUT2D eigenvalue weighted by molar-refractivity contribution is 7.86. The van der Waals surface area contributed by atoms with E-state index in [0.717, 1.165) is 28.8 Å². The van der Waals surface area contributed by atoms with E-state index in [0.29, 0.717) is 0 Å². The van der Waals surface area contributed by atoms with Crippen molar-refractivity contribution in [3.63, 3.8) is 0 Å². The first-order chi connectivity index (χ1) is 14.4. The Balaban J connectivity index is 2.02. The molecule has 0 aliphatic heterocycles. The highest BCUT2D eigenvalue weighted by atomic mass is 32.2. The Hall–Kier alpha value is -2.72. The molecule has 2 atom stereocenters. The SMILES string of the molecule is CC(c1ccccc1)c1ccc(C(C)c2cc(S(=O)(=O)O)c(O)c(S(=O)(=O)O)c2)cc1. The fourth-order valence-corrected chi connectivity index (χ4v) is 4.79. The number of phenols is 1. The largest absolute Gasteiger partial charge is 0.505 e. The molecule has 0 aliphatic rings. The van der Waals surface area contributed by atoms with Gasteiger partial charge in [-0.1, -0.05) is 68.4 Å². The number of phenolic OH excluding ortho intramolecular Hbond substituents is 1. The van der Waals surface area contributed by atoms with Crippen LogP contribution < -0.4 is 0 Å². The first-order valence-corrected chi connectivity index (χ1v) is 12.2. The molecular weight excluding hydrogens is 440 g/mol. The van der Waals surface area contributed by atoms with Crippen LogP contribution in [0.5, 0.6) is 5.75 Å². The number of hydrogen-bond donors (Lipinski definition) is 3. The van der Waals surface area contributed by atoms with Crippen molar-refractivity contribution >= 4 is 20.2 Å². The van der Waals surface area contributed by atoms with Crippen molar-refractivity contribution in [3.8, 4) is 5.75 Å². The van der Waals surface area contributed by atoms with Crippen LogP contribution in [0.3, 0.4) is 0 Å². The molecule has 0 radical (unpaired) electrons. The molecule has 0 spiro atoms. The van der Waals surface area contributed by atoms with Crippen molar-refractivity contribution in [1.29, 1.82) is 0 Å². The Morgan fingerprint density at radius 1 is 0.613 bits per heavy atom. The van der Waals surface area contributed by atoms with Gasteiger partial charge in [0, 0.05) is 11.8 Å². The van der Waals surface area contributed by atoms with Crippen LogP contribution in [-0.2, 0) is 20.2 Å². The summed E-state index contributed by atoms with van der Waals surface area (Å²) in [5, 5.41) is 9.96. The highest BCUT2D eigenvalue weighted by Crippen LogP contribution is 2.36. The van der Waals surface area contributed by atoms with Gasteiger partial charge in [0.05, 0.1) is 0 Å². The maximum Gasteiger partial charge on any atom is 0.298 e. The fourth-order valence-electron chi connectivity index (χ4n) is 3.45. The maximum absolute atomic E-state index is 11.6. The average molecular weight is 463 g/mol. The third kappa shape index (κ3) is 4.96. The zero-order chi connectivity index (χ0) is 23.0. The summed E-state index contributed by atoms with van der Waals surface area (Å²) in [4.78, 5) is -1.97. The number of rotatable bonds is 6. The average Bonchev–Trinajstić information content (AvgIpc) is 2.72. The smallest absolute Gasteiger partial charge is 0.298 e. The zero-order valence-electron chi connectivity index (χ0n) is 16.8. The van der Waals surface area contributed by atoms with Gasteiger partial charge in [-0.05, 0) is 34.4 Å². The number of benzene rings is 3. The summed E-state index contributed by atoms with van der Waals surface area (Å²) in [5.41, 5.74) is 3.14. The van der Waals surface area contributed by atoms with Crippen molar-refractivity contribution in [3.05, 3.63) is 89.0 Å². The Kier molecular flexibility index (Phi) is 6.24. The Labute approximate surface area is 181 Å². The van der Waals surface area contributed by atoms with Gasteiger partial charge in [-0.2, -0.15) is 16.8 Å². The number of aromatic hydroxyl groups is 1. The molecule has 0 fully saturated rings. The molecule has 2 unspecified atom stereocenters. The molecule has 0 saturated carbocycles. The summed E-state index contributed by atoms with van der Waals surface area (Å²) in [6, 6.07) is 19.5. The lowest BCUT2D eigenvalue weighted by Crippen LogP contribution is -2.08. The molecular formula is C22H22O7S2. The molecule has 3 aromatic carbocycles. The summed E-state index contributed by atoms with van der Waals surface area (Å²) in [7, 11) is -9.86. The van der Waals surface area contributed by atoms with Crippen LogP contribution >= 0.6 is 0 Å². The third-order valence-electron chi connectivity index (χ3n) is 5.35. The standard InChI is InChI=1S/C22H22O7S2/c1-14(16-6-4-3-5-7-16)17-8-10-18(11-9-17)15(2)19-12-20(30(24,25)26)22(23)21(13-19)31(27,28)29/h3-15,23H,1-2H3,(H,24,25,26)(H,27,28,29). The Morgan fingerprint density at radius 2 is 0.968 bits per heavy atom. The van der Waals surface area contributed by atoms with Gasteiger partial charge >= 0.3 is 0 Å². The first kappa shape index (κ1) is 23.0. The second-order valence-electron chi connectivity index (χ2n) is 7.34. The Bertz CT molecular complexity index is 1240. The molecule has 164 valence electrons. The summed E-state index contributed by atoms with van der Waals surface area (Å²) >= 11 is 0. The first-order valence-electron chi connectivity index (χ1n) is 9.36. The molecule has 3 rings (SSSR count). The normalized spacial score (nSPS) is 14.2. The minimum Gasteiger partial charge on any atom is -0.505 e. The minimum absolute atomic E-state index is 0.150. The van der Waals surface area contributed by atoms with Gasteiger partial charge in [0.25, 0.3) is 20.2 Å². The van der Waals surface area contributed by atoms with E-state index in [2.05, 4.69) is 6.92 Å². The molecule has 0 aromatic heterocycles. The molecule has 3 N–H and O–H groups in total. The minimum atomic E-state index is -4.93. The third-order valence-corrected chi connectivity index (χ3v) is 7.09. The van der Waals surface area contributed by atoms with E-state index >= 15 is 0 Å². The van der Waals surface area contributed by atoms with Gasteiger partial charge in [0.15, 0.2) is 5.75 Å². The van der Waals surface area contributed by atoms with Gasteiger partial charge in [-0.25, -0.2) is 0 Å². The van der Waals surface area contributed by atoms with Crippen LogP contribution in [0, 0.1) is 0 Å². The van der Waals surface area contributed by atoms with E-state index in [9.17, 15) is 31.0 Å². The van der Waals surface area contributed by atoms with E-state index in [1.807, 2.05) is 54.6 Å². The second kappa shape index (κ2) is 8.43. The van der Waals surface area contributed by atoms with Gasteiger partial charge in [-0.3, -0.25) is 9.11 Å². The lowest BCUT2D eigenvalue weighted by atomic mass is 9.89. The number of hydrogen-bond acceptors (Lipinski definition) is 5. The van der Waals surface area contributed by atoms with Crippen LogP contribution in [-0.4, -0.2) is 31.0 Å². The second-order valence-corrected chi connectivity index (χ2v) is 10.1. The predicted octanol–water partition coefficient (Wildman–Crippen LogP) is 4.19. The quantitative estimate of drug-likeness (QED) is 0.468. The molecule has 0 amide bonds. The van der Waals surface area contributed by atoms with E-state index in [1.54, 1.807) is 6.92 Å². The van der Waals surface area contributed by atoms with E-state index in [4.69, 9.17) is 0 Å². The topological polar surface area (TPSA) is 129 Å². The van der Waals surface area contributed by atoms with Gasteiger partial charge in [0.1, 0.15) is 9.79 Å². The summed E-state index contributed by atoms with van der Waals surface area (Å²) < 4.78 is 65.2. The van der Waals surface area contributed by atoms with Gasteiger partial charge < -0.3 is 5.11 Å². The summed E-state index contributed by atoms with van der Waals surface area (Å²) in [6.07, 6.45) is 0. The molecule has 3 aromatic rings. The van der Waals surface area contributed by atoms with Crippen LogP contribution in [0.15, 0.2) is 76.5 Å². The van der Waals surface area contributed by atoms with Crippen molar-refractivity contribution < 1.29 is 31.0 Å². The molecule has 0 saturated heterocycles. The Morgan fingerprint density at radius 3 is 1.35 bits per heavy atom. The molecule has 0 heterocycles. The van der Waals surface area contributed by atoms with Crippen LogP contribution in [0.25, 0.3) is 0 Å². The lowest BCUT2D eigenvalue weighted by Gasteiger charge is -2.18. The van der Waals surface area contributed by atoms with E-state index < -0.39 is 41.7 Å². The van der Waals surface area contributed by atoms with Crippen molar-refractivity contribution in [2.45, 2.75) is 35.5 Å². The summed E-state index contributed by atoms with van der Waals surface area (Å²) in [5.74, 6) is -1.58. The highest BCUT2D eigenvalue weighted by Gasteiger charge is 2.27. The summed E-state index contributed by atoms with van der Waals surface area (Å²) in [6.45, 7) is 3.79. The van der Waals surface area contributed by atoms with Crippen molar-refractivity contribution in [2.24, 2.45) is 0 Å². The van der Waals surface area contributed by atoms with Gasteiger partial charge in [-0.15, -0.1) is 0 Å². The van der Waals surface area contributed by atoms with Crippen LogP contribution in [0.4, 0.5) is 0 Å². The monoisotopic (exact) mass is 462 g/mol. The molecule has 0 aliphatic carbocycles. The van der Waals surface area contributed by atoms with Crippen LogP contribution in [0.1, 0.15) is 47.9 Å². The molecule has 9 heteroatoms. The molecule has 7 nitrogen and oxygen atoms in total. The molecule has 31 heavy (non-hydrogen) atoms. The fraction of sp³-hybridized carbons (Fsp3) is 0.182. The van der Waals surface area contributed by atoms with Gasteiger partial charge in [0.2, 0.25) is 0 Å². The molecule has 0 bridgehead atoms. The predicted molar refractivity (Wildman–Crippen MR) is 116 cm³/mol. The van der Waals surface area contributed by atoms with Crippen molar-refractivity contribution in [1.82, 2.24) is 0 Å². The lowest BCUT2D eigenvalue weighted by molar-refractivity contribution is 0.422. The van der Waals surface area contributed by atoms with Crippen LogP contribution in [0.2, 0.25) is 0 Å². The maximum atomic E-state index is 11.6. The van der Waals surface area contributed by atoms with E-state index in [1.165, 1.54) is 0 Å². The zero-order valence-corrected chi connectivity index (χ0v) is 18.4. The van der Waals surface area contributed by atoms with E-state index in [-0.39, 0.29) is 11.5 Å². The van der Waals surface area contributed by atoms with Crippen molar-refractivity contribution in [2.75, 3.05) is 0 Å².